The smallest absolute Gasteiger partial charge is 0.326 e. The monoisotopic (exact) mass is 533 g/mol. The van der Waals surface area contributed by atoms with E-state index >= 15 is 0 Å². The summed E-state index contributed by atoms with van der Waals surface area (Å²) in [5.41, 5.74) is 1.66. The molecule has 1 aromatic carbocycles. The Kier molecular flexibility index (Phi) is 9.92. The van der Waals surface area contributed by atoms with Gasteiger partial charge in [-0.25, -0.2) is 4.79 Å². The number of fused-ring (bicyclic) bond motifs is 1. The van der Waals surface area contributed by atoms with Crippen molar-refractivity contribution < 1.29 is 34.2 Å². The Labute approximate surface area is 218 Å². The first-order chi connectivity index (χ1) is 17.7. The van der Waals surface area contributed by atoms with E-state index in [4.69, 9.17) is 5.11 Å². The highest BCUT2D eigenvalue weighted by Crippen LogP contribution is 2.19. The highest BCUT2D eigenvalue weighted by atomic mass is 32.1. The van der Waals surface area contributed by atoms with Crippen molar-refractivity contribution in [1.29, 1.82) is 0 Å². The molecule has 0 spiro atoms. The number of rotatable bonds is 13. The molecular formula is C24H31N5O7S. The van der Waals surface area contributed by atoms with E-state index in [0.717, 1.165) is 22.9 Å². The molecule has 2 aromatic rings. The lowest BCUT2D eigenvalue weighted by Crippen LogP contribution is -2.58. The van der Waals surface area contributed by atoms with Gasteiger partial charge in [-0.2, -0.15) is 12.6 Å². The van der Waals surface area contributed by atoms with Gasteiger partial charge in [-0.3, -0.25) is 19.2 Å². The zero-order valence-electron chi connectivity index (χ0n) is 20.0. The molecule has 1 fully saturated rings. The molecule has 7 N–H and O–H groups in total. The number of carbonyl (C=O) groups excluding carboxylic acids is 3. The van der Waals surface area contributed by atoms with Gasteiger partial charge in [0.15, 0.2) is 0 Å². The maximum absolute atomic E-state index is 13.3. The minimum Gasteiger partial charge on any atom is -0.481 e. The number of nitrogens with one attached hydrogen (secondary N) is 5. The van der Waals surface area contributed by atoms with Crippen LogP contribution in [-0.4, -0.2) is 81.3 Å². The Morgan fingerprint density at radius 3 is 2.35 bits per heavy atom. The van der Waals surface area contributed by atoms with Gasteiger partial charge < -0.3 is 36.5 Å². The van der Waals surface area contributed by atoms with E-state index < -0.39 is 54.3 Å². The molecule has 12 nitrogen and oxygen atoms in total. The number of aliphatic carboxylic acids is 2. The maximum Gasteiger partial charge on any atom is 0.326 e. The van der Waals surface area contributed by atoms with Crippen LogP contribution in [0.3, 0.4) is 0 Å². The van der Waals surface area contributed by atoms with Crippen LogP contribution in [0.2, 0.25) is 0 Å². The van der Waals surface area contributed by atoms with Crippen LogP contribution in [0.4, 0.5) is 0 Å². The summed E-state index contributed by atoms with van der Waals surface area (Å²) in [5, 5.41) is 29.7. The Morgan fingerprint density at radius 2 is 1.70 bits per heavy atom. The van der Waals surface area contributed by atoms with Crippen molar-refractivity contribution in [3.63, 3.8) is 0 Å². The lowest BCUT2D eigenvalue weighted by atomic mass is 10.0. The van der Waals surface area contributed by atoms with Crippen LogP contribution in [0.5, 0.6) is 0 Å². The van der Waals surface area contributed by atoms with Crippen molar-refractivity contribution in [3.8, 4) is 0 Å². The average Bonchev–Trinajstić information content (AvgIpc) is 3.55. The van der Waals surface area contributed by atoms with Gasteiger partial charge in [0, 0.05) is 35.7 Å². The van der Waals surface area contributed by atoms with E-state index in [1.54, 1.807) is 6.20 Å². The van der Waals surface area contributed by atoms with Gasteiger partial charge in [0.25, 0.3) is 0 Å². The molecular weight excluding hydrogens is 502 g/mol. The zero-order chi connectivity index (χ0) is 26.9. The van der Waals surface area contributed by atoms with Crippen molar-refractivity contribution in [2.24, 2.45) is 0 Å². The highest BCUT2D eigenvalue weighted by molar-refractivity contribution is 7.80. The van der Waals surface area contributed by atoms with Crippen LogP contribution in [0.1, 0.15) is 31.2 Å². The summed E-state index contributed by atoms with van der Waals surface area (Å²) in [4.78, 5) is 64.2. The number of carboxylic acid groups (broad SMARTS) is 2. The molecule has 200 valence electrons. The van der Waals surface area contributed by atoms with E-state index in [9.17, 15) is 29.1 Å². The quantitative estimate of drug-likeness (QED) is 0.162. The molecule has 1 saturated heterocycles. The van der Waals surface area contributed by atoms with Crippen molar-refractivity contribution in [3.05, 3.63) is 36.0 Å². The normalized spacial score (nSPS) is 17.5. The number of carboxylic acids is 2. The predicted octanol–water partition coefficient (Wildman–Crippen LogP) is -0.204. The second-order valence-electron chi connectivity index (χ2n) is 8.85. The summed E-state index contributed by atoms with van der Waals surface area (Å²) in [6.07, 6.45) is 2.60. The molecule has 4 atom stereocenters. The van der Waals surface area contributed by atoms with E-state index in [0.29, 0.717) is 13.0 Å². The summed E-state index contributed by atoms with van der Waals surface area (Å²) in [6, 6.07) is 3.41. The fraction of sp³-hybridized carbons (Fsp3) is 0.458. The average molecular weight is 534 g/mol. The third-order valence-corrected chi connectivity index (χ3v) is 6.55. The molecule has 1 aliphatic heterocycles. The van der Waals surface area contributed by atoms with E-state index in [-0.39, 0.29) is 24.5 Å². The molecule has 4 unspecified atom stereocenters. The SMILES string of the molecule is O=C(O)CCC(NC(=O)C(CS)NC(=O)C(Cc1c[nH]c2ccccc12)NC(=O)C1CCCN1)C(=O)O. The predicted molar refractivity (Wildman–Crippen MR) is 137 cm³/mol. The molecule has 0 radical (unpaired) electrons. The van der Waals surface area contributed by atoms with Crippen molar-refractivity contribution in [2.45, 2.75) is 56.3 Å². The second-order valence-corrected chi connectivity index (χ2v) is 9.21. The third-order valence-electron chi connectivity index (χ3n) is 6.19. The molecule has 0 saturated carbocycles. The number of thiol groups is 1. The Morgan fingerprint density at radius 1 is 1.00 bits per heavy atom. The lowest BCUT2D eigenvalue weighted by molar-refractivity contribution is -0.143. The fourth-order valence-corrected chi connectivity index (χ4v) is 4.43. The molecule has 3 rings (SSSR count). The fourth-order valence-electron chi connectivity index (χ4n) is 4.17. The van der Waals surface area contributed by atoms with Gasteiger partial charge in [0.2, 0.25) is 17.7 Å². The van der Waals surface area contributed by atoms with Crippen LogP contribution in [0.25, 0.3) is 10.9 Å². The number of aromatic nitrogens is 1. The summed E-state index contributed by atoms with van der Waals surface area (Å²) in [5.74, 6) is -4.54. The molecule has 3 amide bonds. The van der Waals surface area contributed by atoms with Crippen LogP contribution in [0, 0.1) is 0 Å². The van der Waals surface area contributed by atoms with Crippen LogP contribution >= 0.6 is 12.6 Å². The van der Waals surface area contributed by atoms with Crippen LogP contribution in [0.15, 0.2) is 30.5 Å². The number of hydrogen-bond donors (Lipinski definition) is 8. The Hall–Kier alpha value is -3.58. The van der Waals surface area contributed by atoms with Crippen molar-refractivity contribution in [1.82, 2.24) is 26.3 Å². The van der Waals surface area contributed by atoms with E-state index in [1.807, 2.05) is 24.3 Å². The molecule has 1 aromatic heterocycles. The minimum atomic E-state index is -1.45. The van der Waals surface area contributed by atoms with Crippen LogP contribution in [-0.2, 0) is 30.4 Å². The summed E-state index contributed by atoms with van der Waals surface area (Å²) in [7, 11) is 0. The van der Waals surface area contributed by atoms with Crippen molar-refractivity contribution in [2.75, 3.05) is 12.3 Å². The highest BCUT2D eigenvalue weighted by Gasteiger charge is 2.31. The van der Waals surface area contributed by atoms with E-state index in [2.05, 4.69) is 38.9 Å². The zero-order valence-corrected chi connectivity index (χ0v) is 20.9. The number of amides is 3. The standard InChI is InChI=1S/C24H31N5O7S/c30-20(31)8-7-17(24(35)36)27-23(34)19(12-37)29-22(33)18(28-21(32)16-6-3-9-25-16)10-13-11-26-15-5-2-1-4-14(13)15/h1-2,4-5,11,16-19,25-26,37H,3,6-10,12H2,(H,27,34)(H,28,32)(H,29,33)(H,30,31)(H,35,36). The summed E-state index contributed by atoms with van der Waals surface area (Å²) >= 11 is 4.12. The van der Waals surface area contributed by atoms with Gasteiger partial charge in [-0.15, -0.1) is 0 Å². The van der Waals surface area contributed by atoms with Gasteiger partial charge in [0.1, 0.15) is 18.1 Å². The number of carbonyl (C=O) groups is 5. The summed E-state index contributed by atoms with van der Waals surface area (Å²) in [6.45, 7) is 0.700. The first-order valence-corrected chi connectivity index (χ1v) is 12.6. The Bertz CT molecular complexity index is 1150. The van der Waals surface area contributed by atoms with Gasteiger partial charge in [-0.05, 0) is 37.4 Å². The van der Waals surface area contributed by atoms with Gasteiger partial charge in [-0.1, -0.05) is 18.2 Å². The number of aromatic amines is 1. The molecule has 1 aliphatic rings. The maximum atomic E-state index is 13.3. The molecule has 0 aliphatic carbocycles. The second kappa shape index (κ2) is 13.1. The van der Waals surface area contributed by atoms with E-state index in [1.165, 1.54) is 0 Å². The number of benzene rings is 1. The van der Waals surface area contributed by atoms with Gasteiger partial charge >= 0.3 is 11.9 Å². The lowest BCUT2D eigenvalue weighted by Gasteiger charge is -2.24. The summed E-state index contributed by atoms with van der Waals surface area (Å²) < 4.78 is 0. The first-order valence-electron chi connectivity index (χ1n) is 11.9. The number of para-hydroxylation sites is 1. The minimum absolute atomic E-state index is 0.144. The Balaban J connectivity index is 1.74. The topological polar surface area (TPSA) is 190 Å². The van der Waals surface area contributed by atoms with Crippen LogP contribution < -0.4 is 21.3 Å². The molecule has 0 bridgehead atoms. The molecule has 2 heterocycles. The largest absolute Gasteiger partial charge is 0.481 e. The van der Waals surface area contributed by atoms with Gasteiger partial charge in [0.05, 0.1) is 6.04 Å². The van der Waals surface area contributed by atoms with Crippen molar-refractivity contribution >= 4 is 53.2 Å². The number of hydrogen-bond acceptors (Lipinski definition) is 7. The molecule has 37 heavy (non-hydrogen) atoms. The third kappa shape index (κ3) is 7.70. The number of H-pyrrole nitrogens is 1. The molecule has 13 heteroatoms. The first kappa shape index (κ1) is 28.0.